The van der Waals surface area contributed by atoms with E-state index in [9.17, 15) is 0 Å². The van der Waals surface area contributed by atoms with Gasteiger partial charge >= 0.3 is 0 Å². The van der Waals surface area contributed by atoms with Gasteiger partial charge in [-0.3, -0.25) is 0 Å². The molecule has 1 unspecified atom stereocenters. The molecule has 1 aromatic rings. The summed E-state index contributed by atoms with van der Waals surface area (Å²) in [7, 11) is 1.61. The van der Waals surface area contributed by atoms with Crippen LogP contribution in [0.3, 0.4) is 0 Å². The fourth-order valence-corrected chi connectivity index (χ4v) is 1.08. The Kier molecular flexibility index (Phi) is 1.54. The minimum Gasteiger partial charge on any atom is -0.481 e. The number of rotatable bonds is 2. The highest BCUT2D eigenvalue weighted by Gasteiger charge is 2.42. The molecule has 12 heavy (non-hydrogen) atoms. The van der Waals surface area contributed by atoms with Gasteiger partial charge in [0.25, 0.3) is 0 Å². The fourth-order valence-electron chi connectivity index (χ4n) is 1.08. The Labute approximate surface area is 71.3 Å². The first-order valence-electron chi connectivity index (χ1n) is 3.90. The highest BCUT2D eigenvalue weighted by Crippen LogP contribution is 2.36. The van der Waals surface area contributed by atoms with Gasteiger partial charge in [-0.05, 0) is 13.0 Å². The van der Waals surface area contributed by atoms with Gasteiger partial charge in [-0.15, -0.1) is 0 Å². The number of methoxy groups -OCH3 is 1. The summed E-state index contributed by atoms with van der Waals surface area (Å²) in [5, 5.41) is 0. The molecule has 0 radical (unpaired) electrons. The maximum atomic E-state index is 5.26. The summed E-state index contributed by atoms with van der Waals surface area (Å²) in [5.41, 5.74) is 0.788. The Morgan fingerprint density at radius 1 is 1.58 bits per heavy atom. The van der Waals surface area contributed by atoms with Crippen LogP contribution in [0.4, 0.5) is 0 Å². The van der Waals surface area contributed by atoms with Gasteiger partial charge in [-0.1, -0.05) is 6.07 Å². The number of hydrogen-bond acceptors (Lipinski definition) is 3. The van der Waals surface area contributed by atoms with E-state index in [4.69, 9.17) is 9.47 Å². The molecule has 3 nitrogen and oxygen atoms in total. The van der Waals surface area contributed by atoms with Crippen molar-refractivity contribution < 1.29 is 9.47 Å². The van der Waals surface area contributed by atoms with Crippen LogP contribution in [-0.4, -0.2) is 18.7 Å². The fraction of sp³-hybridized carbons (Fsp3) is 0.444. The summed E-state index contributed by atoms with van der Waals surface area (Å²) in [6.07, 6.45) is 0. The van der Waals surface area contributed by atoms with E-state index >= 15 is 0 Å². The smallest absolute Gasteiger partial charge is 0.213 e. The molecule has 1 aliphatic heterocycles. The van der Waals surface area contributed by atoms with Crippen molar-refractivity contribution in [3.05, 3.63) is 23.9 Å². The molecule has 1 aromatic heterocycles. The number of nitrogens with zero attached hydrogens (tertiary/aromatic N) is 1. The molecule has 0 spiro atoms. The summed E-state index contributed by atoms with van der Waals surface area (Å²) in [4.78, 5) is 4.28. The second-order valence-corrected chi connectivity index (χ2v) is 3.08. The van der Waals surface area contributed by atoms with Gasteiger partial charge in [0.05, 0.1) is 19.4 Å². The molecule has 0 bridgehead atoms. The monoisotopic (exact) mass is 165 g/mol. The summed E-state index contributed by atoms with van der Waals surface area (Å²) >= 11 is 0. The number of ether oxygens (including phenoxy) is 2. The van der Waals surface area contributed by atoms with Crippen molar-refractivity contribution in [2.75, 3.05) is 13.7 Å². The van der Waals surface area contributed by atoms with Crippen molar-refractivity contribution in [2.24, 2.45) is 0 Å². The molecule has 1 atom stereocenters. The molecule has 3 heteroatoms. The Balaban J connectivity index is 2.32. The van der Waals surface area contributed by atoms with E-state index in [0.717, 1.165) is 12.3 Å². The molecular formula is C9H11NO2. The lowest BCUT2D eigenvalue weighted by molar-refractivity contribution is 0.319. The normalized spacial score (nSPS) is 26.8. The van der Waals surface area contributed by atoms with Crippen LogP contribution in [0.5, 0.6) is 5.88 Å². The third kappa shape index (κ3) is 1.16. The quantitative estimate of drug-likeness (QED) is 0.620. The molecule has 0 N–H and O–H groups in total. The first-order chi connectivity index (χ1) is 5.74. The number of epoxide rings is 1. The van der Waals surface area contributed by atoms with Crippen molar-refractivity contribution >= 4 is 0 Å². The molecular weight excluding hydrogens is 154 g/mol. The van der Waals surface area contributed by atoms with Crippen molar-refractivity contribution in [2.45, 2.75) is 12.5 Å². The molecule has 0 aliphatic carbocycles. The lowest BCUT2D eigenvalue weighted by Crippen LogP contribution is -2.05. The Morgan fingerprint density at radius 2 is 2.33 bits per heavy atom. The van der Waals surface area contributed by atoms with Crippen LogP contribution in [0, 0.1) is 0 Å². The maximum absolute atomic E-state index is 5.26. The van der Waals surface area contributed by atoms with Gasteiger partial charge in [0.15, 0.2) is 0 Å². The summed E-state index contributed by atoms with van der Waals surface area (Å²) in [5.74, 6) is 0.643. The Hall–Kier alpha value is -1.09. The summed E-state index contributed by atoms with van der Waals surface area (Å²) in [6.45, 7) is 2.78. The molecule has 2 heterocycles. The van der Waals surface area contributed by atoms with Gasteiger partial charge in [-0.25, -0.2) is 4.98 Å². The zero-order chi connectivity index (χ0) is 8.60. The molecule has 0 saturated carbocycles. The van der Waals surface area contributed by atoms with Crippen molar-refractivity contribution in [3.8, 4) is 5.88 Å². The van der Waals surface area contributed by atoms with Crippen LogP contribution in [-0.2, 0) is 10.3 Å². The Morgan fingerprint density at radius 3 is 2.92 bits per heavy atom. The summed E-state index contributed by atoms with van der Waals surface area (Å²) < 4.78 is 10.3. The third-order valence-electron chi connectivity index (χ3n) is 2.05. The van der Waals surface area contributed by atoms with Crippen molar-refractivity contribution in [3.63, 3.8) is 0 Å². The molecule has 0 aromatic carbocycles. The molecule has 0 amide bonds. The molecule has 1 saturated heterocycles. The van der Waals surface area contributed by atoms with Gasteiger partial charge in [0.1, 0.15) is 5.60 Å². The first kappa shape index (κ1) is 7.55. The van der Waals surface area contributed by atoms with Crippen LogP contribution in [0.15, 0.2) is 18.2 Å². The lowest BCUT2D eigenvalue weighted by Gasteiger charge is -2.05. The number of aromatic nitrogens is 1. The van der Waals surface area contributed by atoms with Gasteiger partial charge in [-0.2, -0.15) is 0 Å². The lowest BCUT2D eigenvalue weighted by atomic mass is 10.1. The van der Waals surface area contributed by atoms with E-state index in [1.807, 2.05) is 25.1 Å². The van der Waals surface area contributed by atoms with E-state index in [0.29, 0.717) is 5.88 Å². The first-order valence-corrected chi connectivity index (χ1v) is 3.90. The largest absolute Gasteiger partial charge is 0.481 e. The van der Waals surface area contributed by atoms with Crippen LogP contribution < -0.4 is 4.74 Å². The summed E-state index contributed by atoms with van der Waals surface area (Å²) in [6, 6.07) is 5.71. The van der Waals surface area contributed by atoms with Gasteiger partial charge in [0.2, 0.25) is 5.88 Å². The third-order valence-corrected chi connectivity index (χ3v) is 2.05. The topological polar surface area (TPSA) is 34.6 Å². The zero-order valence-corrected chi connectivity index (χ0v) is 7.20. The minimum atomic E-state index is -0.158. The second-order valence-electron chi connectivity index (χ2n) is 3.08. The van der Waals surface area contributed by atoms with E-state index < -0.39 is 0 Å². The molecule has 2 rings (SSSR count). The van der Waals surface area contributed by atoms with Crippen molar-refractivity contribution in [1.29, 1.82) is 0 Å². The van der Waals surface area contributed by atoms with E-state index in [2.05, 4.69) is 4.98 Å². The number of pyridine rings is 1. The highest BCUT2D eigenvalue weighted by molar-refractivity contribution is 5.22. The van der Waals surface area contributed by atoms with E-state index in [1.54, 1.807) is 7.11 Å². The average Bonchev–Trinajstić information content (AvgIpc) is 2.85. The van der Waals surface area contributed by atoms with E-state index in [-0.39, 0.29) is 5.60 Å². The Bertz CT molecular complexity index is 294. The molecule has 1 fully saturated rings. The molecule has 1 aliphatic rings. The highest BCUT2D eigenvalue weighted by atomic mass is 16.6. The van der Waals surface area contributed by atoms with Gasteiger partial charge in [0, 0.05) is 6.07 Å². The van der Waals surface area contributed by atoms with Crippen LogP contribution in [0.1, 0.15) is 12.6 Å². The SMILES string of the molecule is COc1cccc(C2(C)CO2)n1. The predicted molar refractivity (Wildman–Crippen MR) is 44.1 cm³/mol. The van der Waals surface area contributed by atoms with E-state index in [1.165, 1.54) is 0 Å². The average molecular weight is 165 g/mol. The van der Waals surface area contributed by atoms with Crippen LogP contribution >= 0.6 is 0 Å². The van der Waals surface area contributed by atoms with Crippen LogP contribution in [0.2, 0.25) is 0 Å². The minimum absolute atomic E-state index is 0.158. The standard InChI is InChI=1S/C9H11NO2/c1-9(6-12-9)7-4-3-5-8(10-7)11-2/h3-5H,6H2,1-2H3. The zero-order valence-electron chi connectivity index (χ0n) is 7.20. The van der Waals surface area contributed by atoms with Crippen LogP contribution in [0.25, 0.3) is 0 Å². The second kappa shape index (κ2) is 2.45. The predicted octanol–water partition coefficient (Wildman–Crippen LogP) is 1.34. The maximum Gasteiger partial charge on any atom is 0.213 e. The van der Waals surface area contributed by atoms with Crippen molar-refractivity contribution in [1.82, 2.24) is 4.98 Å². The number of hydrogen-bond donors (Lipinski definition) is 0. The van der Waals surface area contributed by atoms with Gasteiger partial charge < -0.3 is 9.47 Å². The molecule has 64 valence electrons.